The minimum atomic E-state index is -0.830. The zero-order valence-corrected chi connectivity index (χ0v) is 15.7. The van der Waals surface area contributed by atoms with E-state index in [1.54, 1.807) is 30.4 Å². The van der Waals surface area contributed by atoms with Crippen molar-refractivity contribution >= 4 is 56.6 Å². The molecule has 2 aromatic rings. The first-order chi connectivity index (χ1) is 11.0. The Hall–Kier alpha value is -1.31. The predicted molar refractivity (Wildman–Crippen MR) is 98.8 cm³/mol. The number of hydrogen-bond acceptors (Lipinski definition) is 5. The highest BCUT2D eigenvalue weighted by Crippen LogP contribution is 2.18. The monoisotopic (exact) mass is 413 g/mol. The lowest BCUT2D eigenvalue weighted by molar-refractivity contribution is -0.150. The van der Waals surface area contributed by atoms with Crippen LogP contribution in [0.25, 0.3) is 0 Å². The summed E-state index contributed by atoms with van der Waals surface area (Å²) in [6.45, 7) is 1.56. The van der Waals surface area contributed by atoms with Gasteiger partial charge in [-0.25, -0.2) is 0 Å². The summed E-state index contributed by atoms with van der Waals surface area (Å²) < 4.78 is 6.02. The van der Waals surface area contributed by atoms with Crippen LogP contribution >= 0.6 is 39.0 Å². The van der Waals surface area contributed by atoms with Gasteiger partial charge in [0.2, 0.25) is 0 Å². The third-order valence-electron chi connectivity index (χ3n) is 2.81. The molecule has 0 aliphatic carbocycles. The average Bonchev–Trinajstić information content (AvgIpc) is 3.00. The van der Waals surface area contributed by atoms with Crippen LogP contribution < -0.4 is 5.32 Å². The van der Waals surface area contributed by atoms with E-state index in [2.05, 4.69) is 21.2 Å². The summed E-state index contributed by atoms with van der Waals surface area (Å²) in [5.74, 6) is 0.265. The fraction of sp³-hybridized carbons (Fsp3) is 0.250. The Labute approximate surface area is 151 Å². The molecule has 1 aromatic carbocycles. The first kappa shape index (κ1) is 18.0. The molecule has 7 heteroatoms. The Morgan fingerprint density at radius 3 is 2.87 bits per heavy atom. The van der Waals surface area contributed by atoms with Crippen LogP contribution in [0.5, 0.6) is 0 Å². The van der Waals surface area contributed by atoms with Crippen molar-refractivity contribution in [2.24, 2.45) is 0 Å². The van der Waals surface area contributed by atoms with Crippen LogP contribution in [-0.2, 0) is 20.1 Å². The lowest BCUT2D eigenvalue weighted by Crippen LogP contribution is -2.30. The van der Waals surface area contributed by atoms with Crippen LogP contribution in [0.15, 0.2) is 46.3 Å². The molecular weight excluding hydrogens is 398 g/mol. The smallest absolute Gasteiger partial charge is 0.316 e. The van der Waals surface area contributed by atoms with Gasteiger partial charge in [0, 0.05) is 20.8 Å². The second kappa shape index (κ2) is 9.10. The highest BCUT2D eigenvalue weighted by molar-refractivity contribution is 9.10. The van der Waals surface area contributed by atoms with E-state index in [4.69, 9.17) is 4.74 Å². The number of thiophene rings is 1. The molecule has 0 saturated heterocycles. The number of amides is 1. The van der Waals surface area contributed by atoms with E-state index >= 15 is 0 Å². The highest BCUT2D eigenvalue weighted by Gasteiger charge is 2.18. The molecule has 0 spiro atoms. The van der Waals surface area contributed by atoms with E-state index in [1.165, 1.54) is 16.6 Å². The van der Waals surface area contributed by atoms with E-state index in [0.717, 1.165) is 10.2 Å². The number of benzene rings is 1. The topological polar surface area (TPSA) is 55.4 Å². The summed E-state index contributed by atoms with van der Waals surface area (Å²) in [6.07, 6.45) is -0.830. The molecule has 1 N–H and O–H groups in total. The molecule has 0 saturated carbocycles. The number of carbonyl (C=O) groups excluding carboxylic acids is 2. The molecule has 1 amide bonds. The third kappa shape index (κ3) is 6.37. The molecule has 0 bridgehead atoms. The largest absolute Gasteiger partial charge is 0.452 e. The van der Waals surface area contributed by atoms with Crippen molar-refractivity contribution in [1.82, 2.24) is 0 Å². The third-order valence-corrected chi connectivity index (χ3v) is 5.32. The average molecular weight is 414 g/mol. The zero-order valence-electron chi connectivity index (χ0n) is 12.5. The number of ether oxygens (including phenoxy) is 1. The molecule has 23 heavy (non-hydrogen) atoms. The molecule has 0 fully saturated rings. The number of esters is 1. The minimum Gasteiger partial charge on any atom is -0.452 e. The van der Waals surface area contributed by atoms with Gasteiger partial charge in [0.25, 0.3) is 5.91 Å². The van der Waals surface area contributed by atoms with Gasteiger partial charge in [-0.1, -0.05) is 28.1 Å². The number of anilines is 1. The maximum Gasteiger partial charge on any atom is 0.316 e. The Kier molecular flexibility index (Phi) is 7.14. The van der Waals surface area contributed by atoms with Gasteiger partial charge < -0.3 is 10.1 Å². The number of nitrogens with one attached hydrogen (secondary N) is 1. The summed E-state index contributed by atoms with van der Waals surface area (Å²) in [5.41, 5.74) is 0.652. The maximum absolute atomic E-state index is 12.0. The molecular formula is C16H16BrNO3S2. The number of carbonyl (C=O) groups is 2. The predicted octanol–water partition coefficient (Wildman–Crippen LogP) is 4.31. The summed E-state index contributed by atoms with van der Waals surface area (Å²) in [4.78, 5) is 25.0. The van der Waals surface area contributed by atoms with Gasteiger partial charge in [0.1, 0.15) is 0 Å². The van der Waals surface area contributed by atoms with Crippen molar-refractivity contribution in [3.05, 3.63) is 51.1 Å². The minimum absolute atomic E-state index is 0.229. The van der Waals surface area contributed by atoms with Gasteiger partial charge in [-0.15, -0.1) is 23.1 Å². The van der Waals surface area contributed by atoms with Crippen molar-refractivity contribution in [2.45, 2.75) is 18.8 Å². The lowest BCUT2D eigenvalue weighted by atomic mass is 10.3. The molecule has 0 radical (unpaired) electrons. The molecule has 0 unspecified atom stereocenters. The molecule has 1 heterocycles. The Morgan fingerprint density at radius 1 is 1.35 bits per heavy atom. The van der Waals surface area contributed by atoms with Crippen LogP contribution in [0.4, 0.5) is 5.69 Å². The quantitative estimate of drug-likeness (QED) is 0.686. The normalized spacial score (nSPS) is 11.7. The highest BCUT2D eigenvalue weighted by atomic mass is 79.9. The van der Waals surface area contributed by atoms with Gasteiger partial charge in [0.15, 0.2) is 6.10 Å². The van der Waals surface area contributed by atoms with E-state index in [9.17, 15) is 9.59 Å². The summed E-state index contributed by atoms with van der Waals surface area (Å²) >= 11 is 6.47. The lowest BCUT2D eigenvalue weighted by Gasteiger charge is -2.13. The Bertz CT molecular complexity index is 661. The zero-order chi connectivity index (χ0) is 16.7. The first-order valence-electron chi connectivity index (χ1n) is 6.90. The van der Waals surface area contributed by atoms with Crippen LogP contribution in [0.2, 0.25) is 0 Å². The second-order valence-corrected chi connectivity index (χ2v) is 7.64. The fourth-order valence-electron chi connectivity index (χ4n) is 1.72. The van der Waals surface area contributed by atoms with Crippen molar-refractivity contribution in [1.29, 1.82) is 0 Å². The SMILES string of the molecule is C[C@H](OC(=O)CSCc1cccs1)C(=O)Nc1cccc(Br)c1. The molecule has 0 aliphatic rings. The molecule has 122 valence electrons. The van der Waals surface area contributed by atoms with Crippen molar-refractivity contribution in [2.75, 3.05) is 11.1 Å². The fourth-order valence-corrected chi connectivity index (χ4v) is 3.77. The Balaban J connectivity index is 1.73. The van der Waals surface area contributed by atoms with Gasteiger partial charge >= 0.3 is 5.97 Å². The van der Waals surface area contributed by atoms with Gasteiger partial charge in [0.05, 0.1) is 5.75 Å². The van der Waals surface area contributed by atoms with Crippen molar-refractivity contribution < 1.29 is 14.3 Å². The van der Waals surface area contributed by atoms with Crippen LogP contribution in [-0.4, -0.2) is 23.7 Å². The Morgan fingerprint density at radius 2 is 2.17 bits per heavy atom. The van der Waals surface area contributed by atoms with Gasteiger partial charge in [-0.3, -0.25) is 9.59 Å². The molecule has 2 rings (SSSR count). The summed E-state index contributed by atoms with van der Waals surface area (Å²) in [6, 6.07) is 11.2. The summed E-state index contributed by atoms with van der Waals surface area (Å²) in [5, 5.41) is 4.72. The van der Waals surface area contributed by atoms with Crippen molar-refractivity contribution in [3.63, 3.8) is 0 Å². The van der Waals surface area contributed by atoms with Gasteiger partial charge in [-0.2, -0.15) is 0 Å². The number of rotatable bonds is 7. The standard InChI is InChI=1S/C16H16BrNO3S2/c1-11(16(20)18-13-5-2-4-12(17)8-13)21-15(19)10-22-9-14-6-3-7-23-14/h2-8,11H,9-10H2,1H3,(H,18,20)/t11-/m0/s1. The molecule has 0 aliphatic heterocycles. The van der Waals surface area contributed by atoms with E-state index < -0.39 is 6.10 Å². The number of halogens is 1. The van der Waals surface area contributed by atoms with Crippen LogP contribution in [0.3, 0.4) is 0 Å². The number of hydrogen-bond donors (Lipinski definition) is 1. The first-order valence-corrected chi connectivity index (χ1v) is 9.73. The van der Waals surface area contributed by atoms with E-state index in [1.807, 2.05) is 29.6 Å². The van der Waals surface area contributed by atoms with Gasteiger partial charge in [-0.05, 0) is 36.6 Å². The molecule has 4 nitrogen and oxygen atoms in total. The molecule has 1 aromatic heterocycles. The summed E-state index contributed by atoms with van der Waals surface area (Å²) in [7, 11) is 0. The van der Waals surface area contributed by atoms with E-state index in [-0.39, 0.29) is 17.6 Å². The van der Waals surface area contributed by atoms with Crippen molar-refractivity contribution in [3.8, 4) is 0 Å². The maximum atomic E-state index is 12.0. The number of thioether (sulfide) groups is 1. The van der Waals surface area contributed by atoms with Crippen LogP contribution in [0, 0.1) is 0 Å². The van der Waals surface area contributed by atoms with E-state index in [0.29, 0.717) is 5.69 Å². The second-order valence-electron chi connectivity index (χ2n) is 4.70. The molecule has 1 atom stereocenters. The van der Waals surface area contributed by atoms with Crippen LogP contribution in [0.1, 0.15) is 11.8 Å².